The number of para-hydroxylation sites is 2. The third-order valence-corrected chi connectivity index (χ3v) is 8.80. The topological polar surface area (TPSA) is 135 Å². The molecular weight excluding hydrogens is 700 g/mol. The molecule has 4 amide bonds. The number of methoxy groups -OCH3 is 1. The number of morpholine rings is 2. The number of esters is 1. The fraction of sp³-hybridized carbons (Fsp3) is 0.300. The van der Waals surface area contributed by atoms with Crippen molar-refractivity contribution in [2.45, 2.75) is 13.1 Å². The number of halogens is 2. The van der Waals surface area contributed by atoms with Gasteiger partial charge in [0, 0.05) is 37.6 Å². The number of ketones is 1. The average Bonchev–Trinajstić information content (AvgIpc) is 3.22. The molecule has 0 aromatic heterocycles. The van der Waals surface area contributed by atoms with Crippen LogP contribution in [0, 0.1) is 11.6 Å². The summed E-state index contributed by atoms with van der Waals surface area (Å²) in [6, 6.07) is 26.7. The highest BCUT2D eigenvalue weighted by Gasteiger charge is 2.26. The maximum atomic E-state index is 14.3. The van der Waals surface area contributed by atoms with Crippen LogP contribution in [0.1, 0.15) is 31.8 Å². The zero-order chi connectivity index (χ0) is 38.5. The van der Waals surface area contributed by atoms with Crippen LogP contribution in [0.25, 0.3) is 0 Å². The minimum Gasteiger partial charge on any atom is -0.465 e. The van der Waals surface area contributed by atoms with Crippen LogP contribution in [0.3, 0.4) is 0 Å². The van der Waals surface area contributed by atoms with Crippen molar-refractivity contribution in [2.75, 3.05) is 76.1 Å². The quantitative estimate of drug-likeness (QED) is 0.176. The molecule has 2 fully saturated rings. The smallest absolute Gasteiger partial charge is 0.340 e. The van der Waals surface area contributed by atoms with E-state index in [1.165, 1.54) is 31.4 Å². The Balaban J connectivity index is 0.000000208. The molecule has 4 aromatic rings. The first-order chi connectivity index (χ1) is 26.2. The molecule has 0 bridgehead atoms. The molecule has 6 rings (SSSR count). The third-order valence-electron chi connectivity index (χ3n) is 8.80. The van der Waals surface area contributed by atoms with Crippen molar-refractivity contribution in [3.8, 4) is 0 Å². The molecule has 0 radical (unpaired) electrons. The number of rotatable bonds is 9. The molecule has 2 heterocycles. The number of hydrogen-bond donors (Lipinski definition) is 1. The molecule has 4 aromatic carbocycles. The summed E-state index contributed by atoms with van der Waals surface area (Å²) in [6.45, 7) is 4.16. The number of urea groups is 2. The number of Topliss-reactive ketones (excluding diaryl/α,β-unsaturated/α-hetero) is 1. The van der Waals surface area contributed by atoms with Gasteiger partial charge in [-0.05, 0) is 59.7 Å². The van der Waals surface area contributed by atoms with E-state index < -0.39 is 23.4 Å². The van der Waals surface area contributed by atoms with Gasteiger partial charge >= 0.3 is 18.0 Å². The van der Waals surface area contributed by atoms with Gasteiger partial charge in [-0.25, -0.2) is 23.2 Å². The molecule has 14 heteroatoms. The molecular formula is C40H43F2N5O7. The van der Waals surface area contributed by atoms with Crippen molar-refractivity contribution in [3.63, 3.8) is 0 Å². The molecule has 0 atom stereocenters. The minimum atomic E-state index is -0.733. The number of nitrogens with zero attached hydrogens (tertiary/aromatic N) is 4. The van der Waals surface area contributed by atoms with E-state index in [1.54, 1.807) is 31.7 Å². The summed E-state index contributed by atoms with van der Waals surface area (Å²) < 4.78 is 43.7. The zero-order valence-corrected chi connectivity index (χ0v) is 30.0. The van der Waals surface area contributed by atoms with Crippen molar-refractivity contribution in [1.29, 1.82) is 0 Å². The number of amides is 4. The number of anilines is 2. The molecule has 54 heavy (non-hydrogen) atoms. The number of carbonyl (C=O) groups excluding carboxylic acids is 4. The van der Waals surface area contributed by atoms with Crippen LogP contribution in [0.15, 0.2) is 97.1 Å². The van der Waals surface area contributed by atoms with Crippen molar-refractivity contribution in [3.05, 3.63) is 131 Å². The van der Waals surface area contributed by atoms with Crippen LogP contribution in [-0.4, -0.2) is 99.9 Å². The van der Waals surface area contributed by atoms with Gasteiger partial charge in [0.1, 0.15) is 11.6 Å². The number of hydrogen-bond acceptors (Lipinski definition) is 8. The van der Waals surface area contributed by atoms with E-state index >= 15 is 0 Å². The standard InChI is InChI=1S/C20H22FN3O3.C20H21FN2O4/c21-18-12-15(6-7-17(18)19(25)13-22)14-24(16-4-2-1-3-5-16)20(26)23-8-10-27-11-9-23;1-26-19(24)17-8-7-15(13-18(17)21)14-23(16-5-3-2-4-6-16)20(25)22-9-11-27-12-10-22/h1-7,12H,8-11,13-14,22H2;2-8,13H,9-12,14H2,1H3. The van der Waals surface area contributed by atoms with Gasteiger partial charge < -0.3 is 29.7 Å². The molecule has 284 valence electrons. The van der Waals surface area contributed by atoms with E-state index in [0.717, 1.165) is 5.69 Å². The van der Waals surface area contributed by atoms with Gasteiger partial charge in [-0.1, -0.05) is 48.5 Å². The van der Waals surface area contributed by atoms with E-state index in [9.17, 15) is 28.0 Å². The summed E-state index contributed by atoms with van der Waals surface area (Å²) in [7, 11) is 1.20. The Bertz CT molecular complexity index is 1750. The molecule has 2 N–H and O–H groups in total. The Morgan fingerprint density at radius 1 is 0.648 bits per heavy atom. The number of nitrogens with two attached hydrogens (primary N) is 1. The van der Waals surface area contributed by atoms with Gasteiger partial charge in [0.05, 0.1) is 64.3 Å². The van der Waals surface area contributed by atoms with Crippen LogP contribution in [0.4, 0.5) is 29.7 Å². The van der Waals surface area contributed by atoms with Gasteiger partial charge in [0.2, 0.25) is 0 Å². The van der Waals surface area contributed by atoms with Crippen LogP contribution < -0.4 is 15.5 Å². The second kappa shape index (κ2) is 19.4. The summed E-state index contributed by atoms with van der Waals surface area (Å²) in [4.78, 5) is 55.9. The summed E-state index contributed by atoms with van der Waals surface area (Å²) in [5, 5.41) is 0. The number of carbonyl (C=O) groups is 4. The molecule has 12 nitrogen and oxygen atoms in total. The average molecular weight is 744 g/mol. The van der Waals surface area contributed by atoms with E-state index in [0.29, 0.717) is 69.4 Å². The highest BCUT2D eigenvalue weighted by Crippen LogP contribution is 2.23. The molecule has 0 aliphatic carbocycles. The Hall–Kier alpha value is -5.70. The second-order valence-electron chi connectivity index (χ2n) is 12.4. The first kappa shape index (κ1) is 39.5. The Morgan fingerprint density at radius 2 is 1.06 bits per heavy atom. The first-order valence-corrected chi connectivity index (χ1v) is 17.5. The lowest BCUT2D eigenvalue weighted by Crippen LogP contribution is -2.48. The predicted molar refractivity (Wildman–Crippen MR) is 198 cm³/mol. The van der Waals surface area contributed by atoms with Crippen LogP contribution in [0.5, 0.6) is 0 Å². The van der Waals surface area contributed by atoms with Crippen LogP contribution in [0.2, 0.25) is 0 Å². The lowest BCUT2D eigenvalue weighted by molar-refractivity contribution is 0.0548. The van der Waals surface area contributed by atoms with Crippen molar-refractivity contribution in [1.82, 2.24) is 9.80 Å². The third kappa shape index (κ3) is 10.2. The highest BCUT2D eigenvalue weighted by molar-refractivity contribution is 5.98. The van der Waals surface area contributed by atoms with Crippen molar-refractivity contribution < 1.29 is 42.2 Å². The first-order valence-electron chi connectivity index (χ1n) is 17.5. The van der Waals surface area contributed by atoms with Crippen molar-refractivity contribution in [2.24, 2.45) is 5.73 Å². The molecule has 2 saturated heterocycles. The largest absolute Gasteiger partial charge is 0.465 e. The maximum absolute atomic E-state index is 14.3. The van der Waals surface area contributed by atoms with Crippen LogP contribution in [-0.2, 0) is 27.3 Å². The van der Waals surface area contributed by atoms with Gasteiger partial charge in [-0.15, -0.1) is 0 Å². The van der Waals surface area contributed by atoms with E-state index in [4.69, 9.17) is 15.2 Å². The summed E-state index contributed by atoms with van der Waals surface area (Å²) in [5.74, 6) is -2.49. The van der Waals surface area contributed by atoms with Crippen molar-refractivity contribution >= 4 is 35.2 Å². The maximum Gasteiger partial charge on any atom is 0.340 e. The zero-order valence-electron chi connectivity index (χ0n) is 30.0. The van der Waals surface area contributed by atoms with E-state index in [-0.39, 0.29) is 42.8 Å². The summed E-state index contributed by atoms with van der Waals surface area (Å²) in [5.41, 5.74) is 7.73. The molecule has 0 spiro atoms. The van der Waals surface area contributed by atoms with Gasteiger partial charge in [-0.2, -0.15) is 0 Å². The fourth-order valence-electron chi connectivity index (χ4n) is 5.90. The van der Waals surface area contributed by atoms with Gasteiger partial charge in [-0.3, -0.25) is 14.6 Å². The summed E-state index contributed by atoms with van der Waals surface area (Å²) in [6.07, 6.45) is 0. The molecule has 2 aliphatic rings. The van der Waals surface area contributed by atoms with E-state index in [2.05, 4.69) is 4.74 Å². The van der Waals surface area contributed by atoms with Crippen LogP contribution >= 0.6 is 0 Å². The van der Waals surface area contributed by atoms with E-state index in [1.807, 2.05) is 60.7 Å². The Morgan fingerprint density at radius 3 is 1.43 bits per heavy atom. The summed E-state index contributed by atoms with van der Waals surface area (Å²) >= 11 is 0. The molecule has 0 saturated carbocycles. The van der Waals surface area contributed by atoms with Gasteiger partial charge in [0.25, 0.3) is 0 Å². The molecule has 2 aliphatic heterocycles. The number of ether oxygens (including phenoxy) is 3. The number of benzene rings is 4. The minimum absolute atomic E-state index is 0.0352. The normalized spacial score (nSPS) is 14.0. The lowest BCUT2D eigenvalue weighted by Gasteiger charge is -2.33. The Kier molecular flexibility index (Phi) is 14.2. The second-order valence-corrected chi connectivity index (χ2v) is 12.4. The monoisotopic (exact) mass is 743 g/mol. The Labute approximate surface area is 312 Å². The fourth-order valence-corrected chi connectivity index (χ4v) is 5.90. The molecule has 0 unspecified atom stereocenters. The SMILES string of the molecule is COC(=O)c1ccc(CN(C(=O)N2CCOCC2)c2ccccc2)cc1F.NCC(=O)c1ccc(CN(C(=O)N2CCOCC2)c2ccccc2)cc1F. The predicted octanol–water partition coefficient (Wildman–Crippen LogP) is 5.50. The van der Waals surface area contributed by atoms with Gasteiger partial charge in [0.15, 0.2) is 5.78 Å². The lowest BCUT2D eigenvalue weighted by atomic mass is 10.1. The highest BCUT2D eigenvalue weighted by atomic mass is 19.1.